The van der Waals surface area contributed by atoms with E-state index in [0.717, 1.165) is 11.1 Å². The third kappa shape index (κ3) is 5.19. The van der Waals surface area contributed by atoms with Gasteiger partial charge >= 0.3 is 5.97 Å². The summed E-state index contributed by atoms with van der Waals surface area (Å²) in [5.41, 5.74) is 2.37. The highest BCUT2D eigenvalue weighted by Gasteiger charge is 2.24. The molecule has 156 valence electrons. The van der Waals surface area contributed by atoms with Crippen molar-refractivity contribution in [2.75, 3.05) is 26.6 Å². The predicted molar refractivity (Wildman–Crippen MR) is 110 cm³/mol. The fourth-order valence-corrected chi connectivity index (χ4v) is 2.78. The van der Waals surface area contributed by atoms with Gasteiger partial charge in [0.2, 0.25) is 0 Å². The number of carbonyl (C=O) groups excluding carboxylic acids is 2. The summed E-state index contributed by atoms with van der Waals surface area (Å²) >= 11 is 0. The Morgan fingerprint density at radius 1 is 0.966 bits per heavy atom. The molecule has 0 saturated heterocycles. The number of esters is 1. The molecule has 1 amide bonds. The molecule has 2 rings (SSSR count). The molecule has 0 heterocycles. The number of carbonyl (C=O) groups is 2. The van der Waals surface area contributed by atoms with Crippen molar-refractivity contribution < 1.29 is 28.5 Å². The Labute approximate surface area is 170 Å². The van der Waals surface area contributed by atoms with Gasteiger partial charge in [0.1, 0.15) is 5.75 Å². The summed E-state index contributed by atoms with van der Waals surface area (Å²) < 4.78 is 21.3. The Bertz CT molecular complexity index is 893. The molecule has 0 aliphatic carbocycles. The SMILES string of the molecule is CC[C@H](Oc1cc(C)ccc1C)C(=O)Nc1cc(OC)c(OC)cc1C(=O)OC. The van der Waals surface area contributed by atoms with E-state index in [4.69, 9.17) is 18.9 Å². The minimum absolute atomic E-state index is 0.153. The molecule has 7 heteroatoms. The Hall–Kier alpha value is -3.22. The van der Waals surface area contributed by atoms with E-state index in [0.29, 0.717) is 23.7 Å². The van der Waals surface area contributed by atoms with Gasteiger partial charge in [-0.3, -0.25) is 4.79 Å². The Morgan fingerprint density at radius 3 is 2.21 bits per heavy atom. The first kappa shape index (κ1) is 22.1. The lowest BCUT2D eigenvalue weighted by Gasteiger charge is -2.20. The molecule has 0 bridgehead atoms. The lowest BCUT2D eigenvalue weighted by atomic mass is 10.1. The molecule has 7 nitrogen and oxygen atoms in total. The van der Waals surface area contributed by atoms with E-state index < -0.39 is 12.1 Å². The topological polar surface area (TPSA) is 83.1 Å². The van der Waals surface area contributed by atoms with E-state index in [1.165, 1.54) is 33.5 Å². The standard InChI is InChI=1S/C22H27NO6/c1-7-17(29-18-10-13(2)8-9-14(18)3)21(24)23-16-12-20(27-5)19(26-4)11-15(16)22(25)28-6/h8-12,17H,7H2,1-6H3,(H,23,24)/t17-/m0/s1. The maximum Gasteiger partial charge on any atom is 0.340 e. The van der Waals surface area contributed by atoms with Crippen LogP contribution in [0.1, 0.15) is 34.8 Å². The zero-order valence-corrected chi connectivity index (χ0v) is 17.6. The molecule has 0 spiro atoms. The molecule has 0 radical (unpaired) electrons. The van der Waals surface area contributed by atoms with Crippen LogP contribution in [0, 0.1) is 13.8 Å². The molecule has 0 fully saturated rings. The molecule has 2 aromatic carbocycles. The normalized spacial score (nSPS) is 11.4. The van der Waals surface area contributed by atoms with Gasteiger partial charge in [0.25, 0.3) is 5.91 Å². The second-order valence-electron chi connectivity index (χ2n) is 6.52. The highest BCUT2D eigenvalue weighted by molar-refractivity contribution is 6.03. The zero-order chi connectivity index (χ0) is 21.6. The van der Waals surface area contributed by atoms with Gasteiger partial charge in [0, 0.05) is 12.1 Å². The fraction of sp³-hybridized carbons (Fsp3) is 0.364. The molecule has 0 aliphatic heterocycles. The van der Waals surface area contributed by atoms with Crippen molar-refractivity contribution in [3.8, 4) is 17.2 Å². The minimum atomic E-state index is -0.742. The first-order valence-corrected chi connectivity index (χ1v) is 9.23. The molecule has 2 aromatic rings. The van der Waals surface area contributed by atoms with Crippen molar-refractivity contribution in [3.05, 3.63) is 47.0 Å². The van der Waals surface area contributed by atoms with Crippen LogP contribution in [0.25, 0.3) is 0 Å². The fourth-order valence-electron chi connectivity index (χ4n) is 2.78. The van der Waals surface area contributed by atoms with Gasteiger partial charge in [-0.15, -0.1) is 0 Å². The van der Waals surface area contributed by atoms with E-state index in [-0.39, 0.29) is 17.2 Å². The number of benzene rings is 2. The summed E-state index contributed by atoms with van der Waals surface area (Å²) in [6, 6.07) is 8.80. The summed E-state index contributed by atoms with van der Waals surface area (Å²) in [6.45, 7) is 5.73. The van der Waals surface area contributed by atoms with Gasteiger partial charge in [0.05, 0.1) is 32.6 Å². The van der Waals surface area contributed by atoms with Crippen LogP contribution >= 0.6 is 0 Å². The lowest BCUT2D eigenvalue weighted by Crippen LogP contribution is -2.33. The van der Waals surface area contributed by atoms with Crippen LogP contribution in [0.5, 0.6) is 17.2 Å². The molecule has 0 aromatic heterocycles. The molecule has 0 unspecified atom stereocenters. The van der Waals surface area contributed by atoms with Gasteiger partial charge in [0.15, 0.2) is 17.6 Å². The van der Waals surface area contributed by atoms with Crippen molar-refractivity contribution in [1.29, 1.82) is 0 Å². The summed E-state index contributed by atoms with van der Waals surface area (Å²) in [5.74, 6) is 0.381. The van der Waals surface area contributed by atoms with Gasteiger partial charge in [-0.05, 0) is 37.5 Å². The van der Waals surface area contributed by atoms with Gasteiger partial charge in [-0.1, -0.05) is 19.1 Å². The first-order valence-electron chi connectivity index (χ1n) is 9.23. The van der Waals surface area contributed by atoms with Crippen molar-refractivity contribution in [1.82, 2.24) is 0 Å². The van der Waals surface area contributed by atoms with Crippen LogP contribution in [0.3, 0.4) is 0 Å². The van der Waals surface area contributed by atoms with Crippen LogP contribution in [0.2, 0.25) is 0 Å². The summed E-state index contributed by atoms with van der Waals surface area (Å²) in [4.78, 5) is 25.1. The number of nitrogens with one attached hydrogen (secondary N) is 1. The predicted octanol–water partition coefficient (Wildman–Crippen LogP) is 3.90. The third-order valence-corrected chi connectivity index (χ3v) is 4.46. The number of anilines is 1. The molecule has 0 aliphatic rings. The first-order chi connectivity index (χ1) is 13.8. The van der Waals surface area contributed by atoms with Crippen LogP contribution < -0.4 is 19.5 Å². The molecule has 1 atom stereocenters. The van der Waals surface area contributed by atoms with Crippen molar-refractivity contribution in [3.63, 3.8) is 0 Å². The second kappa shape index (κ2) is 9.82. The number of hydrogen-bond donors (Lipinski definition) is 1. The monoisotopic (exact) mass is 401 g/mol. The summed E-state index contributed by atoms with van der Waals surface area (Å²) in [6.07, 6.45) is -0.297. The quantitative estimate of drug-likeness (QED) is 0.676. The van der Waals surface area contributed by atoms with Gasteiger partial charge < -0.3 is 24.3 Å². The average Bonchev–Trinajstić information content (AvgIpc) is 2.73. The zero-order valence-electron chi connectivity index (χ0n) is 17.6. The Balaban J connectivity index is 2.33. The second-order valence-corrected chi connectivity index (χ2v) is 6.52. The molecule has 0 saturated carbocycles. The van der Waals surface area contributed by atoms with Crippen molar-refractivity contribution >= 4 is 17.6 Å². The highest BCUT2D eigenvalue weighted by Crippen LogP contribution is 2.34. The van der Waals surface area contributed by atoms with Crippen LogP contribution in [-0.2, 0) is 9.53 Å². The largest absolute Gasteiger partial charge is 0.493 e. The van der Waals surface area contributed by atoms with Crippen LogP contribution in [0.4, 0.5) is 5.69 Å². The highest BCUT2D eigenvalue weighted by atomic mass is 16.5. The maximum atomic E-state index is 12.9. The third-order valence-electron chi connectivity index (χ3n) is 4.46. The van der Waals surface area contributed by atoms with E-state index in [1.807, 2.05) is 39.0 Å². The van der Waals surface area contributed by atoms with E-state index in [9.17, 15) is 9.59 Å². The van der Waals surface area contributed by atoms with Crippen LogP contribution in [-0.4, -0.2) is 39.3 Å². The van der Waals surface area contributed by atoms with Gasteiger partial charge in [-0.2, -0.15) is 0 Å². The van der Waals surface area contributed by atoms with E-state index >= 15 is 0 Å². The maximum absolute atomic E-state index is 12.9. The van der Waals surface area contributed by atoms with E-state index in [1.54, 1.807) is 0 Å². The molecular formula is C22H27NO6. The van der Waals surface area contributed by atoms with Gasteiger partial charge in [-0.25, -0.2) is 4.79 Å². The lowest BCUT2D eigenvalue weighted by molar-refractivity contribution is -0.122. The van der Waals surface area contributed by atoms with Crippen molar-refractivity contribution in [2.45, 2.75) is 33.3 Å². The number of ether oxygens (including phenoxy) is 4. The Morgan fingerprint density at radius 2 is 1.62 bits per heavy atom. The molecule has 29 heavy (non-hydrogen) atoms. The van der Waals surface area contributed by atoms with Crippen LogP contribution in [0.15, 0.2) is 30.3 Å². The Kier molecular flexibility index (Phi) is 7.47. The number of amides is 1. The summed E-state index contributed by atoms with van der Waals surface area (Å²) in [7, 11) is 4.20. The molecule has 1 N–H and O–H groups in total. The number of rotatable bonds is 8. The number of hydrogen-bond acceptors (Lipinski definition) is 6. The number of methoxy groups -OCH3 is 3. The minimum Gasteiger partial charge on any atom is -0.493 e. The smallest absolute Gasteiger partial charge is 0.340 e. The van der Waals surface area contributed by atoms with Crippen molar-refractivity contribution in [2.24, 2.45) is 0 Å². The summed E-state index contributed by atoms with van der Waals surface area (Å²) in [5, 5.41) is 2.76. The average molecular weight is 401 g/mol. The number of aryl methyl sites for hydroxylation is 2. The molecular weight excluding hydrogens is 374 g/mol. The van der Waals surface area contributed by atoms with E-state index in [2.05, 4.69) is 5.32 Å².